The zero-order chi connectivity index (χ0) is 37.7. The maximum Gasteiger partial charge on any atom is 0.0991 e. The van der Waals surface area contributed by atoms with Crippen LogP contribution in [-0.4, -0.2) is 0 Å². The molecule has 0 spiro atoms. The zero-order valence-corrected chi connectivity index (χ0v) is 31.8. The summed E-state index contributed by atoms with van der Waals surface area (Å²) in [5, 5.41) is 26.9. The molecule has 0 fully saturated rings. The van der Waals surface area contributed by atoms with E-state index in [0.717, 1.165) is 17.1 Å². The molecule has 0 saturated carbocycles. The predicted octanol–water partition coefficient (Wildman–Crippen LogP) is 13.8. The third kappa shape index (κ3) is 5.74. The van der Waals surface area contributed by atoms with Crippen molar-refractivity contribution in [1.82, 2.24) is 0 Å². The van der Waals surface area contributed by atoms with Crippen LogP contribution in [0.4, 0.5) is 17.1 Å². The first kappa shape index (κ1) is 34.7. The molecule has 3 nitrogen and oxygen atoms in total. The minimum Gasteiger partial charge on any atom is -0.310 e. The average molecular weight is 698 g/mol. The van der Waals surface area contributed by atoms with Gasteiger partial charge in [-0.15, -0.1) is 0 Å². The Morgan fingerprint density at radius 2 is 0.963 bits per heavy atom. The van der Waals surface area contributed by atoms with Gasteiger partial charge in [-0.1, -0.05) is 113 Å². The smallest absolute Gasteiger partial charge is 0.0991 e. The normalized spacial score (nSPS) is 12.1. The second-order valence-electron chi connectivity index (χ2n) is 15.2. The molecular formula is C51H43N3. The molecule has 3 heteroatoms. The zero-order valence-electron chi connectivity index (χ0n) is 31.8. The van der Waals surface area contributed by atoms with Crippen LogP contribution in [0, 0.1) is 36.5 Å². The highest BCUT2D eigenvalue weighted by Gasteiger charge is 2.27. The summed E-state index contributed by atoms with van der Waals surface area (Å²) in [5.41, 5.74) is 13.3. The summed E-state index contributed by atoms with van der Waals surface area (Å²) in [7, 11) is 0. The van der Waals surface area contributed by atoms with Crippen molar-refractivity contribution in [3.8, 4) is 12.1 Å². The third-order valence-corrected chi connectivity index (χ3v) is 11.3. The molecule has 0 heterocycles. The molecule has 0 aliphatic heterocycles. The standard InChI is InChI=1S/C51H43N3/c1-31(2)44-27-46(49(39-13-9-7-11-33(39)5)37-19-15-35(29-52)16-20-37)42-24-23-41-45(32(3)4)28-48(43-26-25-40(44)50(42)51(41)43)54(47-14-10-8-12-34(47)6)38-21-17-36(30-53)18-22-38/h7-28,31-32,49H,1-6H3. The summed E-state index contributed by atoms with van der Waals surface area (Å²) in [4.78, 5) is 2.38. The fourth-order valence-electron chi connectivity index (χ4n) is 8.53. The highest BCUT2D eigenvalue weighted by molar-refractivity contribution is 6.27. The number of hydrogen-bond acceptors (Lipinski definition) is 3. The monoisotopic (exact) mass is 697 g/mol. The van der Waals surface area contributed by atoms with Gasteiger partial charge in [0.2, 0.25) is 0 Å². The maximum atomic E-state index is 9.68. The molecule has 0 bridgehead atoms. The molecule has 1 atom stereocenters. The summed E-state index contributed by atoms with van der Waals surface area (Å²) in [6, 6.07) is 52.3. The van der Waals surface area contributed by atoms with Gasteiger partial charge in [0, 0.05) is 22.7 Å². The number of anilines is 3. The molecule has 54 heavy (non-hydrogen) atoms. The van der Waals surface area contributed by atoms with Crippen LogP contribution in [0.2, 0.25) is 0 Å². The highest BCUT2D eigenvalue weighted by atomic mass is 15.1. The van der Waals surface area contributed by atoms with E-state index in [4.69, 9.17) is 0 Å². The Morgan fingerprint density at radius 1 is 0.463 bits per heavy atom. The molecule has 0 saturated heterocycles. The number of para-hydroxylation sites is 1. The lowest BCUT2D eigenvalue weighted by atomic mass is 9.77. The second-order valence-corrected chi connectivity index (χ2v) is 15.2. The van der Waals surface area contributed by atoms with Crippen LogP contribution in [0.25, 0.3) is 32.3 Å². The van der Waals surface area contributed by atoms with Gasteiger partial charge < -0.3 is 4.90 Å². The third-order valence-electron chi connectivity index (χ3n) is 11.3. The van der Waals surface area contributed by atoms with Gasteiger partial charge in [0.15, 0.2) is 0 Å². The number of rotatable bonds is 8. The predicted molar refractivity (Wildman–Crippen MR) is 226 cm³/mol. The molecule has 0 aromatic heterocycles. The van der Waals surface area contributed by atoms with Crippen LogP contribution in [0.15, 0.2) is 133 Å². The van der Waals surface area contributed by atoms with Gasteiger partial charge in [0.25, 0.3) is 0 Å². The van der Waals surface area contributed by atoms with Crippen LogP contribution in [0.5, 0.6) is 0 Å². The van der Waals surface area contributed by atoms with Gasteiger partial charge in [-0.25, -0.2) is 0 Å². The van der Waals surface area contributed by atoms with Crippen molar-refractivity contribution in [3.05, 3.63) is 184 Å². The van der Waals surface area contributed by atoms with Crippen molar-refractivity contribution in [2.45, 2.75) is 59.3 Å². The van der Waals surface area contributed by atoms with Gasteiger partial charge in [-0.3, -0.25) is 0 Å². The molecular weight excluding hydrogens is 655 g/mol. The molecule has 8 aromatic rings. The molecule has 0 aliphatic carbocycles. The van der Waals surface area contributed by atoms with Gasteiger partial charge in [-0.05, 0) is 140 Å². The molecule has 8 rings (SSSR count). The van der Waals surface area contributed by atoms with Crippen molar-refractivity contribution in [3.63, 3.8) is 0 Å². The Morgan fingerprint density at radius 3 is 1.54 bits per heavy atom. The Labute approximate surface area is 318 Å². The van der Waals surface area contributed by atoms with Gasteiger partial charge >= 0.3 is 0 Å². The molecule has 0 amide bonds. The fraction of sp³-hybridized carbons (Fsp3) is 0.176. The lowest BCUT2D eigenvalue weighted by molar-refractivity contribution is 0.868. The minimum absolute atomic E-state index is 0.0350. The largest absolute Gasteiger partial charge is 0.310 e. The maximum absolute atomic E-state index is 9.68. The van der Waals surface area contributed by atoms with E-state index in [1.807, 2.05) is 24.3 Å². The number of nitriles is 2. The summed E-state index contributed by atoms with van der Waals surface area (Å²) in [6.07, 6.45) is 0. The Hall–Kier alpha value is -6.42. The number of nitrogens with zero attached hydrogens (tertiary/aromatic N) is 3. The van der Waals surface area contributed by atoms with Crippen molar-refractivity contribution < 1.29 is 0 Å². The highest BCUT2D eigenvalue weighted by Crippen LogP contribution is 2.50. The summed E-state index contributed by atoms with van der Waals surface area (Å²) < 4.78 is 0. The Balaban J connectivity index is 1.52. The van der Waals surface area contributed by atoms with Crippen LogP contribution < -0.4 is 4.90 Å². The topological polar surface area (TPSA) is 50.8 Å². The molecule has 8 aromatic carbocycles. The molecule has 0 N–H and O–H groups in total. The number of benzene rings is 8. The molecule has 262 valence electrons. The van der Waals surface area contributed by atoms with E-state index < -0.39 is 0 Å². The first-order valence-corrected chi connectivity index (χ1v) is 18.9. The quantitative estimate of drug-likeness (QED) is 0.117. The van der Waals surface area contributed by atoms with Crippen molar-refractivity contribution in [2.75, 3.05) is 4.90 Å². The summed E-state index contributed by atoms with van der Waals surface area (Å²) in [6.45, 7) is 13.6. The van der Waals surface area contributed by atoms with Crippen LogP contribution in [0.3, 0.4) is 0 Å². The van der Waals surface area contributed by atoms with Gasteiger partial charge in [0.05, 0.1) is 29.0 Å². The van der Waals surface area contributed by atoms with E-state index in [9.17, 15) is 10.5 Å². The lowest BCUT2D eigenvalue weighted by Gasteiger charge is -2.31. The van der Waals surface area contributed by atoms with E-state index in [2.05, 4.69) is 168 Å². The van der Waals surface area contributed by atoms with E-state index in [1.54, 1.807) is 0 Å². The van der Waals surface area contributed by atoms with E-state index >= 15 is 0 Å². The van der Waals surface area contributed by atoms with E-state index in [0.29, 0.717) is 11.1 Å². The summed E-state index contributed by atoms with van der Waals surface area (Å²) >= 11 is 0. The van der Waals surface area contributed by atoms with Gasteiger partial charge in [0.1, 0.15) is 0 Å². The Bertz CT molecular complexity index is 2560. The van der Waals surface area contributed by atoms with E-state index in [1.165, 1.54) is 71.3 Å². The van der Waals surface area contributed by atoms with Gasteiger partial charge in [-0.2, -0.15) is 10.5 Å². The van der Waals surface area contributed by atoms with Crippen molar-refractivity contribution >= 4 is 49.4 Å². The molecule has 0 aliphatic rings. The molecule has 0 radical (unpaired) electrons. The van der Waals surface area contributed by atoms with Crippen molar-refractivity contribution in [1.29, 1.82) is 10.5 Å². The minimum atomic E-state index is -0.0350. The Kier molecular flexibility index (Phi) is 8.89. The molecule has 1 unspecified atom stereocenters. The second kappa shape index (κ2) is 13.9. The van der Waals surface area contributed by atoms with Crippen LogP contribution in [0.1, 0.15) is 95.5 Å². The summed E-state index contributed by atoms with van der Waals surface area (Å²) in [5.74, 6) is 0.528. The first-order chi connectivity index (χ1) is 26.2. The number of aryl methyl sites for hydroxylation is 2. The first-order valence-electron chi connectivity index (χ1n) is 18.9. The van der Waals surface area contributed by atoms with E-state index in [-0.39, 0.29) is 17.8 Å². The lowest BCUT2D eigenvalue weighted by Crippen LogP contribution is -2.13. The number of hydrogen-bond donors (Lipinski definition) is 0. The van der Waals surface area contributed by atoms with Crippen LogP contribution in [-0.2, 0) is 0 Å². The fourth-order valence-corrected chi connectivity index (χ4v) is 8.53. The van der Waals surface area contributed by atoms with Crippen molar-refractivity contribution in [2.24, 2.45) is 0 Å². The van der Waals surface area contributed by atoms with Crippen LogP contribution >= 0.6 is 0 Å². The SMILES string of the molecule is Cc1ccccc1C(c1ccc(C#N)cc1)c1cc(C(C)C)c2ccc3c(N(c4ccc(C#N)cc4)c4ccccc4C)cc(C(C)C)c4ccc1c2c43. The average Bonchev–Trinajstić information content (AvgIpc) is 3.19.